The number of nitrogens with one attached hydrogen (secondary N) is 1. The monoisotopic (exact) mass is 361 g/mol. The zero-order valence-corrected chi connectivity index (χ0v) is 15.4. The van der Waals surface area contributed by atoms with E-state index in [4.69, 9.17) is 4.98 Å². The number of hydrogen-bond donors (Lipinski definition) is 1. The summed E-state index contributed by atoms with van der Waals surface area (Å²) in [7, 11) is 0. The predicted octanol–water partition coefficient (Wildman–Crippen LogP) is 4.14. The first kappa shape index (κ1) is 17.5. The van der Waals surface area contributed by atoms with Gasteiger partial charge >= 0.3 is 0 Å². The molecule has 1 aliphatic carbocycles. The van der Waals surface area contributed by atoms with E-state index >= 15 is 0 Å². The van der Waals surface area contributed by atoms with Crippen molar-refractivity contribution in [2.75, 3.05) is 5.43 Å². The quantitative estimate of drug-likeness (QED) is 0.763. The number of benzene rings is 2. The van der Waals surface area contributed by atoms with E-state index < -0.39 is 0 Å². The molecule has 3 aromatic rings. The fourth-order valence-electron chi connectivity index (χ4n) is 3.84. The van der Waals surface area contributed by atoms with Gasteiger partial charge in [-0.25, -0.2) is 9.66 Å². The Labute approximate surface area is 158 Å². The smallest absolute Gasteiger partial charge is 0.267 e. The molecule has 1 aliphatic rings. The number of hydrogen-bond acceptors (Lipinski definition) is 3. The van der Waals surface area contributed by atoms with Crippen molar-refractivity contribution in [2.24, 2.45) is 0 Å². The fraction of sp³-hybridized carbons (Fsp3) is 0.318. The third-order valence-corrected chi connectivity index (χ3v) is 5.27. The highest BCUT2D eigenvalue weighted by Gasteiger charge is 2.23. The van der Waals surface area contributed by atoms with Gasteiger partial charge in [-0.3, -0.25) is 15.0 Å². The van der Waals surface area contributed by atoms with Gasteiger partial charge in [0.15, 0.2) is 0 Å². The molecule has 0 radical (unpaired) electrons. The normalized spacial score (nSPS) is 15.0. The van der Waals surface area contributed by atoms with Gasteiger partial charge in [0, 0.05) is 11.5 Å². The second-order valence-electron chi connectivity index (χ2n) is 7.27. The van der Waals surface area contributed by atoms with E-state index in [-0.39, 0.29) is 17.4 Å². The van der Waals surface area contributed by atoms with Crippen molar-refractivity contribution < 1.29 is 4.79 Å². The first-order valence-corrected chi connectivity index (χ1v) is 9.53. The number of carbonyl (C=O) groups excluding carboxylic acids is 1. The van der Waals surface area contributed by atoms with Gasteiger partial charge in [-0.15, -0.1) is 0 Å². The van der Waals surface area contributed by atoms with E-state index in [0.717, 1.165) is 31.2 Å². The molecule has 5 nitrogen and oxygen atoms in total. The largest absolute Gasteiger partial charge is 0.280 e. The Bertz CT molecular complexity index is 1050. The molecule has 1 N–H and O–H groups in total. The summed E-state index contributed by atoms with van der Waals surface area (Å²) in [6.07, 6.45) is 5.44. The summed E-state index contributed by atoms with van der Waals surface area (Å²) in [5, 5.41) is 0.515. The molecule has 0 bridgehead atoms. The van der Waals surface area contributed by atoms with Crippen molar-refractivity contribution in [3.63, 3.8) is 0 Å². The molecule has 1 heterocycles. The van der Waals surface area contributed by atoms with Crippen LogP contribution in [0.15, 0.2) is 53.3 Å². The Balaban J connectivity index is 1.80. The van der Waals surface area contributed by atoms with E-state index in [9.17, 15) is 9.59 Å². The zero-order valence-electron chi connectivity index (χ0n) is 15.4. The maximum atomic E-state index is 13.1. The summed E-state index contributed by atoms with van der Waals surface area (Å²) in [5.41, 5.74) is 4.81. The van der Waals surface area contributed by atoms with E-state index in [1.165, 1.54) is 11.1 Å². The molecule has 0 spiro atoms. The highest BCUT2D eigenvalue weighted by molar-refractivity contribution is 6.00. The number of para-hydroxylation sites is 1. The molecule has 2 aromatic carbocycles. The Morgan fingerprint density at radius 2 is 1.85 bits per heavy atom. The Morgan fingerprint density at radius 1 is 1.07 bits per heavy atom. The van der Waals surface area contributed by atoms with Crippen LogP contribution in [0.4, 0.5) is 0 Å². The van der Waals surface area contributed by atoms with Gasteiger partial charge in [-0.2, -0.15) is 0 Å². The summed E-state index contributed by atoms with van der Waals surface area (Å²) < 4.78 is 1.38. The van der Waals surface area contributed by atoms with Gasteiger partial charge in [-0.05, 0) is 44.0 Å². The van der Waals surface area contributed by atoms with Crippen LogP contribution in [0.1, 0.15) is 59.8 Å². The molecular weight excluding hydrogens is 338 g/mol. The first-order chi connectivity index (χ1) is 13.1. The number of rotatable bonds is 3. The van der Waals surface area contributed by atoms with E-state index in [2.05, 4.69) is 5.43 Å². The van der Waals surface area contributed by atoms with Gasteiger partial charge in [0.1, 0.15) is 5.82 Å². The van der Waals surface area contributed by atoms with E-state index in [1.807, 2.05) is 43.3 Å². The van der Waals surface area contributed by atoms with E-state index in [1.54, 1.807) is 12.1 Å². The van der Waals surface area contributed by atoms with Crippen LogP contribution < -0.4 is 11.0 Å². The minimum Gasteiger partial charge on any atom is -0.267 e. The van der Waals surface area contributed by atoms with E-state index in [0.29, 0.717) is 22.3 Å². The molecule has 0 unspecified atom stereocenters. The van der Waals surface area contributed by atoms with Gasteiger partial charge in [0.25, 0.3) is 11.5 Å². The topological polar surface area (TPSA) is 64.0 Å². The molecule has 138 valence electrons. The van der Waals surface area contributed by atoms with Crippen molar-refractivity contribution in [3.8, 4) is 0 Å². The maximum Gasteiger partial charge on any atom is 0.280 e. The fourth-order valence-corrected chi connectivity index (χ4v) is 3.84. The number of fused-ring (bicyclic) bond motifs is 1. The average molecular weight is 361 g/mol. The van der Waals surface area contributed by atoms with Gasteiger partial charge < -0.3 is 0 Å². The molecule has 5 heteroatoms. The van der Waals surface area contributed by atoms with Crippen molar-refractivity contribution in [3.05, 3.63) is 75.8 Å². The summed E-state index contributed by atoms with van der Waals surface area (Å²) >= 11 is 0. The van der Waals surface area contributed by atoms with Gasteiger partial charge in [0.2, 0.25) is 0 Å². The predicted molar refractivity (Wildman–Crippen MR) is 107 cm³/mol. The summed E-state index contributed by atoms with van der Waals surface area (Å²) in [5.74, 6) is 0.559. The van der Waals surface area contributed by atoms with Crippen LogP contribution in [0.25, 0.3) is 10.9 Å². The molecule has 27 heavy (non-hydrogen) atoms. The number of aryl methyl sites for hydroxylation is 1. The molecule has 1 saturated carbocycles. The van der Waals surface area contributed by atoms with Crippen molar-refractivity contribution in [1.82, 2.24) is 9.66 Å². The lowest BCUT2D eigenvalue weighted by Crippen LogP contribution is -2.37. The lowest BCUT2D eigenvalue weighted by atomic mass is 9.88. The number of amides is 1. The zero-order chi connectivity index (χ0) is 18.8. The Kier molecular flexibility index (Phi) is 4.75. The van der Waals surface area contributed by atoms with Crippen LogP contribution >= 0.6 is 0 Å². The highest BCUT2D eigenvalue weighted by Crippen LogP contribution is 2.31. The van der Waals surface area contributed by atoms with Gasteiger partial charge in [0.05, 0.1) is 10.9 Å². The standard InChI is InChI=1S/C22H23N3O2/c1-15-8-7-11-17(14-15)21(26)24-25-20(16-9-3-2-4-10-16)23-19-13-6-5-12-18(19)22(25)27/h5-8,11-14,16H,2-4,9-10H2,1H3,(H,24,26). The van der Waals surface area contributed by atoms with Crippen molar-refractivity contribution >= 4 is 16.8 Å². The summed E-state index contributed by atoms with van der Waals surface area (Å²) in [6.45, 7) is 1.94. The molecule has 0 saturated heterocycles. The van der Waals surface area contributed by atoms with Crippen LogP contribution in [-0.2, 0) is 0 Å². The summed E-state index contributed by atoms with van der Waals surface area (Å²) in [4.78, 5) is 30.7. The number of nitrogens with zero attached hydrogens (tertiary/aromatic N) is 2. The lowest BCUT2D eigenvalue weighted by Gasteiger charge is -2.24. The molecule has 0 aliphatic heterocycles. The molecule has 1 amide bonds. The Morgan fingerprint density at radius 3 is 2.63 bits per heavy atom. The highest BCUT2D eigenvalue weighted by atomic mass is 16.2. The minimum atomic E-state index is -0.296. The molecule has 1 fully saturated rings. The third-order valence-electron chi connectivity index (χ3n) is 5.27. The first-order valence-electron chi connectivity index (χ1n) is 9.53. The average Bonchev–Trinajstić information content (AvgIpc) is 2.70. The summed E-state index contributed by atoms with van der Waals surface area (Å²) in [6, 6.07) is 14.7. The van der Waals surface area contributed by atoms with Crippen LogP contribution in [0.2, 0.25) is 0 Å². The number of carbonyl (C=O) groups is 1. The van der Waals surface area contributed by atoms with Crippen molar-refractivity contribution in [2.45, 2.75) is 44.9 Å². The molecular formula is C22H23N3O2. The van der Waals surface area contributed by atoms with Crippen LogP contribution in [0.5, 0.6) is 0 Å². The van der Waals surface area contributed by atoms with Crippen LogP contribution in [0.3, 0.4) is 0 Å². The van der Waals surface area contributed by atoms with Crippen molar-refractivity contribution in [1.29, 1.82) is 0 Å². The third kappa shape index (κ3) is 3.50. The van der Waals surface area contributed by atoms with Crippen LogP contribution in [-0.4, -0.2) is 15.6 Å². The molecule has 4 rings (SSSR count). The second-order valence-corrected chi connectivity index (χ2v) is 7.27. The second kappa shape index (κ2) is 7.35. The molecule has 1 aromatic heterocycles. The Hall–Kier alpha value is -2.95. The van der Waals surface area contributed by atoms with Crippen LogP contribution in [0, 0.1) is 6.92 Å². The molecule has 0 atom stereocenters. The lowest BCUT2D eigenvalue weighted by molar-refractivity contribution is 0.101. The minimum absolute atomic E-state index is 0.189. The SMILES string of the molecule is Cc1cccc(C(=O)Nn2c(C3CCCCC3)nc3ccccc3c2=O)c1. The maximum absolute atomic E-state index is 13.1. The van der Waals surface area contributed by atoms with Gasteiger partial charge in [-0.1, -0.05) is 49.1 Å². The number of aromatic nitrogens is 2.